The predicted octanol–water partition coefficient (Wildman–Crippen LogP) is 3.19. The molecule has 1 aliphatic carbocycles. The summed E-state index contributed by atoms with van der Waals surface area (Å²) in [5, 5.41) is 9.04. The summed E-state index contributed by atoms with van der Waals surface area (Å²) in [5.41, 5.74) is -3.26. The first kappa shape index (κ1) is 21.5. The molecule has 0 amide bonds. The average Bonchev–Trinajstić information content (AvgIpc) is 3.01. The van der Waals surface area contributed by atoms with E-state index in [1.54, 1.807) is 0 Å². The van der Waals surface area contributed by atoms with Gasteiger partial charge >= 0.3 is 17.5 Å². The standard InChI is InChI=1S/C19H10ClF4N3O5S/c20-10-3-4-12(14-13(10)15(28)27(30)17(29)25-14)33(31,32)9-2-1-8-5-6-26(11(8)7-9)16-18(21,22)19(16,23)24/h1-7,16,30H,(H,25,29). The van der Waals surface area contributed by atoms with Gasteiger partial charge in [0, 0.05) is 11.7 Å². The van der Waals surface area contributed by atoms with E-state index < -0.39 is 59.7 Å². The van der Waals surface area contributed by atoms with Crippen LogP contribution in [0.4, 0.5) is 17.6 Å². The fourth-order valence-electron chi connectivity index (χ4n) is 3.80. The number of fused-ring (bicyclic) bond motifs is 2. The maximum absolute atomic E-state index is 13.6. The first-order chi connectivity index (χ1) is 15.3. The molecule has 0 bridgehead atoms. The second-order valence-corrected chi connectivity index (χ2v) is 9.76. The Morgan fingerprint density at radius 3 is 2.33 bits per heavy atom. The summed E-state index contributed by atoms with van der Waals surface area (Å²) in [6, 6.07) is 4.20. The van der Waals surface area contributed by atoms with Gasteiger partial charge in [0.05, 0.1) is 25.7 Å². The Morgan fingerprint density at radius 1 is 1.03 bits per heavy atom. The van der Waals surface area contributed by atoms with Gasteiger partial charge in [-0.3, -0.25) is 4.79 Å². The zero-order valence-electron chi connectivity index (χ0n) is 15.9. The smallest absolute Gasteiger partial charge is 0.362 e. The van der Waals surface area contributed by atoms with Crippen molar-refractivity contribution < 1.29 is 31.2 Å². The van der Waals surface area contributed by atoms with Gasteiger partial charge in [0.15, 0.2) is 6.04 Å². The van der Waals surface area contributed by atoms with E-state index >= 15 is 0 Å². The third-order valence-electron chi connectivity index (χ3n) is 5.57. The molecule has 0 unspecified atom stereocenters. The fourth-order valence-corrected chi connectivity index (χ4v) is 5.47. The normalized spacial score (nSPS) is 17.6. The first-order valence-electron chi connectivity index (χ1n) is 9.08. The molecule has 33 heavy (non-hydrogen) atoms. The molecule has 0 radical (unpaired) electrons. The largest absolute Gasteiger partial charge is 0.421 e. The molecular weight excluding hydrogens is 494 g/mol. The number of rotatable bonds is 3. The summed E-state index contributed by atoms with van der Waals surface area (Å²) in [6.45, 7) is 0. The van der Waals surface area contributed by atoms with Crippen molar-refractivity contribution in [2.24, 2.45) is 0 Å². The zero-order chi connectivity index (χ0) is 24.1. The van der Waals surface area contributed by atoms with Crippen molar-refractivity contribution in [1.82, 2.24) is 14.3 Å². The molecule has 172 valence electrons. The number of aromatic amines is 1. The molecule has 2 aromatic heterocycles. The molecule has 0 saturated heterocycles. The molecule has 2 heterocycles. The van der Waals surface area contributed by atoms with E-state index in [-0.39, 0.29) is 20.7 Å². The average molecular weight is 504 g/mol. The fraction of sp³-hybridized carbons (Fsp3) is 0.158. The molecule has 1 saturated carbocycles. The van der Waals surface area contributed by atoms with Crippen LogP contribution in [-0.4, -0.2) is 39.8 Å². The van der Waals surface area contributed by atoms with Crippen LogP contribution in [0.2, 0.25) is 5.02 Å². The monoisotopic (exact) mass is 503 g/mol. The number of nitrogens with zero attached hydrogens (tertiary/aromatic N) is 2. The summed E-state index contributed by atoms with van der Waals surface area (Å²) < 4.78 is 81.4. The third kappa shape index (κ3) is 2.72. The van der Waals surface area contributed by atoms with Gasteiger partial charge in [-0.05, 0) is 35.7 Å². The number of hydrogen-bond acceptors (Lipinski definition) is 5. The third-order valence-corrected chi connectivity index (χ3v) is 7.68. The number of sulfone groups is 1. The van der Waals surface area contributed by atoms with E-state index in [2.05, 4.69) is 4.98 Å². The molecule has 4 aromatic rings. The molecule has 5 rings (SSSR count). The van der Waals surface area contributed by atoms with Crippen LogP contribution in [0.1, 0.15) is 6.04 Å². The number of alkyl halides is 4. The molecule has 2 aromatic carbocycles. The number of aromatic nitrogens is 3. The lowest BCUT2D eigenvalue weighted by Crippen LogP contribution is -2.33. The number of halogens is 5. The summed E-state index contributed by atoms with van der Waals surface area (Å²) in [5.74, 6) is -8.58. The lowest BCUT2D eigenvalue weighted by Gasteiger charge is -2.10. The number of H-pyrrole nitrogens is 1. The quantitative estimate of drug-likeness (QED) is 0.329. The number of nitrogens with one attached hydrogen (secondary N) is 1. The van der Waals surface area contributed by atoms with Crippen molar-refractivity contribution in [1.29, 1.82) is 0 Å². The molecule has 0 aliphatic heterocycles. The molecular formula is C19H10ClF4N3O5S. The van der Waals surface area contributed by atoms with Gasteiger partial charge in [0.25, 0.3) is 5.56 Å². The Hall–Kier alpha value is -3.32. The zero-order valence-corrected chi connectivity index (χ0v) is 17.5. The summed E-state index contributed by atoms with van der Waals surface area (Å²) in [6.07, 6.45) is 1.01. The lowest BCUT2D eigenvalue weighted by molar-refractivity contribution is -0.0278. The van der Waals surface area contributed by atoms with E-state index in [0.717, 1.165) is 30.5 Å². The van der Waals surface area contributed by atoms with Crippen molar-refractivity contribution in [2.45, 2.75) is 27.7 Å². The van der Waals surface area contributed by atoms with Crippen molar-refractivity contribution in [2.75, 3.05) is 0 Å². The van der Waals surface area contributed by atoms with Crippen LogP contribution in [-0.2, 0) is 9.84 Å². The van der Waals surface area contributed by atoms with E-state index in [1.165, 1.54) is 12.1 Å². The number of benzene rings is 2. The van der Waals surface area contributed by atoms with Crippen LogP contribution < -0.4 is 11.2 Å². The van der Waals surface area contributed by atoms with Crippen molar-refractivity contribution in [3.63, 3.8) is 0 Å². The van der Waals surface area contributed by atoms with Gasteiger partial charge in [-0.2, -0.15) is 17.6 Å². The minimum absolute atomic E-state index is 0.178. The molecule has 8 nitrogen and oxygen atoms in total. The van der Waals surface area contributed by atoms with Crippen LogP contribution in [0.3, 0.4) is 0 Å². The highest BCUT2D eigenvalue weighted by atomic mass is 35.5. The first-order valence-corrected chi connectivity index (χ1v) is 10.9. The van der Waals surface area contributed by atoms with Crippen molar-refractivity contribution in [3.05, 3.63) is 68.5 Å². The minimum Gasteiger partial charge on any atom is -0.421 e. The minimum atomic E-state index is -4.52. The lowest BCUT2D eigenvalue weighted by atomic mass is 10.2. The molecule has 0 spiro atoms. The Balaban J connectivity index is 1.74. The SMILES string of the molecule is O=c1[nH]c2c(S(=O)(=O)c3ccc4ccn(C5C(F)(F)C5(F)F)c4c3)ccc(Cl)c2c(=O)n1O. The van der Waals surface area contributed by atoms with Gasteiger partial charge in [-0.25, -0.2) is 13.2 Å². The van der Waals surface area contributed by atoms with Crippen LogP contribution in [0, 0.1) is 0 Å². The van der Waals surface area contributed by atoms with Gasteiger partial charge in [0.1, 0.15) is 0 Å². The Kier molecular flexibility index (Phi) is 4.16. The summed E-state index contributed by atoms with van der Waals surface area (Å²) >= 11 is 5.95. The predicted molar refractivity (Wildman–Crippen MR) is 107 cm³/mol. The maximum atomic E-state index is 13.6. The maximum Gasteiger partial charge on any atom is 0.362 e. The Bertz CT molecular complexity index is 1710. The van der Waals surface area contributed by atoms with Crippen LogP contribution in [0.5, 0.6) is 0 Å². The van der Waals surface area contributed by atoms with Gasteiger partial charge in [-0.15, -0.1) is 0 Å². The molecule has 1 aliphatic rings. The summed E-state index contributed by atoms with van der Waals surface area (Å²) in [4.78, 5) is 25.1. The van der Waals surface area contributed by atoms with E-state index in [1.807, 2.05) is 0 Å². The van der Waals surface area contributed by atoms with Gasteiger partial charge in [-0.1, -0.05) is 22.4 Å². The molecule has 14 heteroatoms. The van der Waals surface area contributed by atoms with Crippen LogP contribution >= 0.6 is 11.6 Å². The number of hydrogen-bond donors (Lipinski definition) is 2. The van der Waals surface area contributed by atoms with E-state index in [9.17, 15) is 40.8 Å². The van der Waals surface area contributed by atoms with Crippen LogP contribution in [0.15, 0.2) is 62.0 Å². The summed E-state index contributed by atoms with van der Waals surface area (Å²) in [7, 11) is -4.52. The van der Waals surface area contributed by atoms with E-state index in [4.69, 9.17) is 11.6 Å². The molecule has 0 atom stereocenters. The van der Waals surface area contributed by atoms with Gasteiger partial charge in [0.2, 0.25) is 9.84 Å². The Labute approximate surface area is 185 Å². The van der Waals surface area contributed by atoms with Crippen molar-refractivity contribution in [3.8, 4) is 0 Å². The van der Waals surface area contributed by atoms with Gasteiger partial charge < -0.3 is 14.8 Å². The Morgan fingerprint density at radius 2 is 1.70 bits per heavy atom. The molecule has 2 N–H and O–H groups in total. The topological polar surface area (TPSA) is 114 Å². The second-order valence-electron chi connectivity index (χ2n) is 7.44. The highest BCUT2D eigenvalue weighted by Crippen LogP contribution is 2.66. The second kappa shape index (κ2) is 6.38. The van der Waals surface area contributed by atoms with E-state index in [0.29, 0.717) is 4.57 Å². The molecule has 1 fully saturated rings. The highest BCUT2D eigenvalue weighted by molar-refractivity contribution is 7.91. The van der Waals surface area contributed by atoms with Crippen LogP contribution in [0.25, 0.3) is 21.8 Å². The van der Waals surface area contributed by atoms with Crippen molar-refractivity contribution >= 4 is 43.2 Å². The highest BCUT2D eigenvalue weighted by Gasteiger charge is 2.86.